The van der Waals surface area contributed by atoms with Gasteiger partial charge in [0.2, 0.25) is 4.11 Å². The smallest absolute Gasteiger partial charge is 0.438 e. The van der Waals surface area contributed by atoms with Crippen molar-refractivity contribution in [1.29, 1.82) is 0 Å². The molecule has 0 saturated heterocycles. The van der Waals surface area contributed by atoms with Crippen LogP contribution in [0.15, 0.2) is 84.9 Å². The summed E-state index contributed by atoms with van der Waals surface area (Å²) in [5.74, 6) is -2.28. The topological polar surface area (TPSA) is 93.2 Å². The highest BCUT2D eigenvalue weighted by Crippen LogP contribution is 2.25. The third-order valence-corrected chi connectivity index (χ3v) is 6.13. The van der Waals surface area contributed by atoms with Crippen molar-refractivity contribution in [2.45, 2.75) is 37.0 Å². The molecule has 3 aromatic carbocycles. The number of amides is 3. The molecule has 10 heteroatoms. The van der Waals surface area contributed by atoms with E-state index in [0.717, 1.165) is 10.6 Å². The van der Waals surface area contributed by atoms with Crippen molar-refractivity contribution in [3.63, 3.8) is 0 Å². The Morgan fingerprint density at radius 2 is 1.34 bits per heavy atom. The molecule has 198 valence electrons. The van der Waals surface area contributed by atoms with Gasteiger partial charge in [-0.2, -0.15) is 0 Å². The zero-order valence-corrected chi connectivity index (χ0v) is 23.9. The van der Waals surface area contributed by atoms with E-state index in [1.807, 2.05) is 6.07 Å². The third-order valence-electron chi connectivity index (χ3n) is 5.12. The molecule has 0 spiro atoms. The van der Waals surface area contributed by atoms with E-state index in [-0.39, 0.29) is 17.7 Å². The zero-order valence-electron chi connectivity index (χ0n) is 21.0. The lowest BCUT2D eigenvalue weighted by molar-refractivity contribution is -0.150. The molecule has 8 nitrogen and oxygen atoms in total. The molecule has 0 heterocycles. The number of hydrogen-bond acceptors (Lipinski definition) is 6. The van der Waals surface area contributed by atoms with E-state index in [1.165, 1.54) is 24.3 Å². The van der Waals surface area contributed by atoms with Gasteiger partial charge in [-0.25, -0.2) is 14.6 Å². The number of esters is 1. The molecule has 3 rings (SSSR count). The second-order valence-corrected chi connectivity index (χ2v) is 10.6. The molecule has 0 aliphatic rings. The minimum absolute atomic E-state index is 0.0231. The van der Waals surface area contributed by atoms with Crippen LogP contribution in [0.1, 0.15) is 47.1 Å². The van der Waals surface area contributed by atoms with Crippen molar-refractivity contribution in [3.05, 3.63) is 107 Å². The van der Waals surface area contributed by atoms with Gasteiger partial charge in [-0.3, -0.25) is 9.59 Å². The van der Waals surface area contributed by atoms with Gasteiger partial charge in [0, 0.05) is 16.1 Å². The monoisotopic (exact) mass is 648 g/mol. The Kier molecular flexibility index (Phi) is 9.87. The molecular weight excluding hydrogens is 623 g/mol. The summed E-state index contributed by atoms with van der Waals surface area (Å²) in [6.45, 7) is 4.97. The first kappa shape index (κ1) is 29.1. The summed E-state index contributed by atoms with van der Waals surface area (Å²) in [5, 5.41) is 2.01. The number of nitrogens with zero attached hydrogens (tertiary/aromatic N) is 2. The quantitative estimate of drug-likeness (QED) is 0.135. The average molecular weight is 649 g/mol. The SMILES string of the molecule is CC(C)(C)N(C(=O)c1ccccc1)N(C(=O)OC(I)C(=O)OCc1ccccc1)C(=O)c1ccc(Cl)cc1. The fourth-order valence-corrected chi connectivity index (χ4v) is 3.87. The van der Waals surface area contributed by atoms with Crippen LogP contribution in [0.25, 0.3) is 0 Å². The Morgan fingerprint density at radius 3 is 1.89 bits per heavy atom. The normalized spacial score (nSPS) is 11.7. The number of halogens is 2. The van der Waals surface area contributed by atoms with E-state index in [4.69, 9.17) is 21.1 Å². The number of carbonyl (C=O) groups is 4. The van der Waals surface area contributed by atoms with Crippen molar-refractivity contribution in [2.24, 2.45) is 0 Å². The van der Waals surface area contributed by atoms with Crippen molar-refractivity contribution in [2.75, 3.05) is 0 Å². The van der Waals surface area contributed by atoms with Crippen LogP contribution < -0.4 is 0 Å². The first-order chi connectivity index (χ1) is 18.0. The average Bonchev–Trinajstić information content (AvgIpc) is 2.90. The maximum Gasteiger partial charge on any atom is 0.438 e. The largest absolute Gasteiger partial charge is 0.457 e. The molecule has 1 atom stereocenters. The standard InChI is InChI=1S/C28H26ClIN2O6/c1-28(2,3)32(25(34)20-12-8-5-9-13-20)31(24(33)21-14-16-22(29)17-15-21)27(36)38-23(30)26(35)37-18-19-10-6-4-7-11-19/h4-17,23H,18H2,1-3H3. The molecule has 38 heavy (non-hydrogen) atoms. The van der Waals surface area contributed by atoms with Crippen molar-refractivity contribution in [3.8, 4) is 0 Å². The van der Waals surface area contributed by atoms with Gasteiger partial charge >= 0.3 is 12.1 Å². The minimum Gasteiger partial charge on any atom is -0.457 e. The summed E-state index contributed by atoms with van der Waals surface area (Å²) in [4.78, 5) is 53.3. The molecule has 0 N–H and O–H groups in total. The van der Waals surface area contributed by atoms with E-state index in [9.17, 15) is 19.2 Å². The zero-order chi connectivity index (χ0) is 27.9. The number of alkyl halides is 1. The second-order valence-electron chi connectivity index (χ2n) is 9.07. The van der Waals surface area contributed by atoms with E-state index in [1.54, 1.807) is 98.0 Å². The molecular formula is C28H26ClIN2O6. The van der Waals surface area contributed by atoms with Crippen LogP contribution in [0.3, 0.4) is 0 Å². The van der Waals surface area contributed by atoms with Gasteiger partial charge in [0.05, 0.1) is 5.54 Å². The predicted octanol–water partition coefficient (Wildman–Crippen LogP) is 6.28. The Morgan fingerprint density at radius 1 is 0.816 bits per heavy atom. The molecule has 0 aliphatic carbocycles. The van der Waals surface area contributed by atoms with Gasteiger partial charge in [0.1, 0.15) is 6.61 Å². The molecule has 1 unspecified atom stereocenters. The summed E-state index contributed by atoms with van der Waals surface area (Å²) < 4.78 is 9.21. The molecule has 0 aliphatic heterocycles. The Bertz CT molecular complexity index is 1280. The van der Waals surface area contributed by atoms with Crippen molar-refractivity contribution >= 4 is 58.1 Å². The summed E-state index contributed by atoms with van der Waals surface area (Å²) in [7, 11) is 0. The highest BCUT2D eigenvalue weighted by molar-refractivity contribution is 14.1. The highest BCUT2D eigenvalue weighted by Gasteiger charge is 2.42. The lowest BCUT2D eigenvalue weighted by Crippen LogP contribution is -2.60. The van der Waals surface area contributed by atoms with Crippen LogP contribution in [-0.2, 0) is 20.9 Å². The second kappa shape index (κ2) is 12.9. The molecule has 0 bridgehead atoms. The maximum absolute atomic E-state index is 13.7. The van der Waals surface area contributed by atoms with E-state index < -0.39 is 33.5 Å². The number of imide groups is 1. The summed E-state index contributed by atoms with van der Waals surface area (Å²) in [6, 6.07) is 23.0. The maximum atomic E-state index is 13.7. The number of carbonyl (C=O) groups excluding carboxylic acids is 4. The third kappa shape index (κ3) is 7.55. The summed E-state index contributed by atoms with van der Waals surface area (Å²) >= 11 is 7.57. The Labute approximate surface area is 239 Å². The first-order valence-electron chi connectivity index (χ1n) is 11.5. The minimum atomic E-state index is -1.39. The predicted molar refractivity (Wildman–Crippen MR) is 151 cm³/mol. The first-order valence-corrected chi connectivity index (χ1v) is 13.2. The van der Waals surface area contributed by atoms with Gasteiger partial charge in [-0.1, -0.05) is 60.1 Å². The highest BCUT2D eigenvalue weighted by atomic mass is 127. The van der Waals surface area contributed by atoms with Gasteiger partial charge in [0.25, 0.3) is 11.8 Å². The summed E-state index contributed by atoms with van der Waals surface area (Å²) in [5.41, 5.74) is 0.0287. The number of ether oxygens (including phenoxy) is 2. The van der Waals surface area contributed by atoms with Gasteiger partial charge < -0.3 is 9.47 Å². The molecule has 0 aromatic heterocycles. The molecule has 0 fully saturated rings. The summed E-state index contributed by atoms with van der Waals surface area (Å²) in [6.07, 6.45) is -1.22. The van der Waals surface area contributed by atoms with Crippen LogP contribution in [0.4, 0.5) is 4.79 Å². The lowest BCUT2D eigenvalue weighted by atomic mass is 10.1. The molecule has 0 saturated carbocycles. The van der Waals surface area contributed by atoms with Crippen molar-refractivity contribution < 1.29 is 28.7 Å². The lowest BCUT2D eigenvalue weighted by Gasteiger charge is -2.41. The molecule has 0 radical (unpaired) electrons. The molecule has 3 aromatic rings. The molecule has 3 amide bonds. The van der Waals surface area contributed by atoms with Crippen LogP contribution in [0, 0.1) is 0 Å². The van der Waals surface area contributed by atoms with E-state index in [0.29, 0.717) is 10.0 Å². The van der Waals surface area contributed by atoms with Crippen LogP contribution in [-0.4, -0.2) is 43.5 Å². The number of benzene rings is 3. The van der Waals surface area contributed by atoms with Crippen molar-refractivity contribution in [1.82, 2.24) is 10.0 Å². The van der Waals surface area contributed by atoms with E-state index in [2.05, 4.69) is 0 Å². The number of rotatable bonds is 6. The number of hydrogen-bond donors (Lipinski definition) is 0. The fraction of sp³-hybridized carbons (Fsp3) is 0.214. The Balaban J connectivity index is 1.92. The van der Waals surface area contributed by atoms with Crippen LogP contribution >= 0.6 is 34.2 Å². The Hall–Kier alpha value is -3.44. The van der Waals surface area contributed by atoms with Gasteiger partial charge in [-0.05, 0) is 85.3 Å². The van der Waals surface area contributed by atoms with E-state index >= 15 is 0 Å². The van der Waals surface area contributed by atoms with Gasteiger partial charge in [0.15, 0.2) is 0 Å². The fourth-order valence-electron chi connectivity index (χ4n) is 3.35. The number of hydrazine groups is 1. The van der Waals surface area contributed by atoms with Crippen LogP contribution in [0.2, 0.25) is 5.02 Å². The van der Waals surface area contributed by atoms with Gasteiger partial charge in [-0.15, -0.1) is 5.01 Å². The van der Waals surface area contributed by atoms with Crippen LogP contribution in [0.5, 0.6) is 0 Å².